The first-order valence-electron chi connectivity index (χ1n) is 6.86. The minimum absolute atomic E-state index is 0.0567. The molecule has 4 nitrogen and oxygen atoms in total. The van der Waals surface area contributed by atoms with Gasteiger partial charge in [-0.3, -0.25) is 0 Å². The van der Waals surface area contributed by atoms with E-state index in [1.807, 2.05) is 6.07 Å². The molecule has 0 saturated heterocycles. The summed E-state index contributed by atoms with van der Waals surface area (Å²) >= 11 is 6.19. The van der Waals surface area contributed by atoms with Gasteiger partial charge in [0, 0.05) is 17.1 Å². The second-order valence-corrected chi connectivity index (χ2v) is 7.33. The monoisotopic (exact) mass is 339 g/mol. The topological polar surface area (TPSA) is 55.4 Å². The van der Waals surface area contributed by atoms with Gasteiger partial charge in [0.25, 0.3) is 0 Å². The highest BCUT2D eigenvalue weighted by Gasteiger charge is 2.16. The van der Waals surface area contributed by atoms with E-state index in [0.717, 1.165) is 5.56 Å². The second kappa shape index (κ2) is 7.03. The molecule has 2 aromatic carbocycles. The van der Waals surface area contributed by atoms with Crippen LogP contribution in [0.1, 0.15) is 12.5 Å². The summed E-state index contributed by atoms with van der Waals surface area (Å²) in [5, 5.41) is 3.71. The van der Waals surface area contributed by atoms with Crippen LogP contribution < -0.4 is 10.1 Å². The number of rotatable bonds is 6. The first kappa shape index (κ1) is 16.6. The van der Waals surface area contributed by atoms with Gasteiger partial charge in [-0.2, -0.15) is 0 Å². The molecular weight excluding hydrogens is 322 g/mol. The summed E-state index contributed by atoms with van der Waals surface area (Å²) in [6, 6.07) is 12.2. The Morgan fingerprint density at radius 3 is 2.55 bits per heavy atom. The van der Waals surface area contributed by atoms with Crippen LogP contribution in [0.3, 0.4) is 0 Å². The summed E-state index contributed by atoms with van der Waals surface area (Å²) < 4.78 is 29.6. The van der Waals surface area contributed by atoms with E-state index in [4.69, 9.17) is 16.3 Å². The number of para-hydroxylation sites is 1. The van der Waals surface area contributed by atoms with Crippen molar-refractivity contribution in [2.24, 2.45) is 0 Å². The molecule has 0 unspecified atom stereocenters. The van der Waals surface area contributed by atoms with Crippen molar-refractivity contribution in [3.05, 3.63) is 53.1 Å². The Morgan fingerprint density at radius 2 is 1.86 bits per heavy atom. The molecular formula is C16H18ClNO3S. The predicted octanol–water partition coefficient (Wildman–Crippen LogP) is 3.75. The van der Waals surface area contributed by atoms with Crippen molar-refractivity contribution in [1.29, 1.82) is 0 Å². The molecule has 0 bridgehead atoms. The van der Waals surface area contributed by atoms with Crippen LogP contribution in [0.25, 0.3) is 0 Å². The summed E-state index contributed by atoms with van der Waals surface area (Å²) in [6.45, 7) is 2.00. The third-order valence-electron chi connectivity index (χ3n) is 3.35. The van der Waals surface area contributed by atoms with E-state index >= 15 is 0 Å². The van der Waals surface area contributed by atoms with E-state index in [1.165, 1.54) is 0 Å². The maximum atomic E-state index is 12.1. The van der Waals surface area contributed by atoms with E-state index in [0.29, 0.717) is 27.9 Å². The van der Waals surface area contributed by atoms with Gasteiger partial charge in [0.15, 0.2) is 9.84 Å². The van der Waals surface area contributed by atoms with Gasteiger partial charge in [-0.05, 0) is 24.3 Å². The highest BCUT2D eigenvalue weighted by Crippen LogP contribution is 2.28. The highest BCUT2D eigenvalue weighted by molar-refractivity contribution is 7.91. The summed E-state index contributed by atoms with van der Waals surface area (Å²) in [5.74, 6) is 0.719. The van der Waals surface area contributed by atoms with Crippen LogP contribution in [0, 0.1) is 0 Å². The molecule has 2 rings (SSSR count). The Balaban J connectivity index is 2.31. The van der Waals surface area contributed by atoms with Gasteiger partial charge in [-0.15, -0.1) is 0 Å². The maximum absolute atomic E-state index is 12.1. The summed E-state index contributed by atoms with van der Waals surface area (Å²) in [6.07, 6.45) is 0. The van der Waals surface area contributed by atoms with Gasteiger partial charge in [-0.1, -0.05) is 36.7 Å². The molecule has 1 N–H and O–H groups in total. The maximum Gasteiger partial charge on any atom is 0.180 e. The Hall–Kier alpha value is -1.72. The number of benzene rings is 2. The van der Waals surface area contributed by atoms with Crippen molar-refractivity contribution in [2.45, 2.75) is 18.4 Å². The molecule has 0 atom stereocenters. The Labute approximate surface area is 136 Å². The zero-order chi connectivity index (χ0) is 16.2. The quantitative estimate of drug-likeness (QED) is 0.870. The average molecular weight is 340 g/mol. The summed E-state index contributed by atoms with van der Waals surface area (Å²) in [5.41, 5.74) is 1.35. The molecule has 22 heavy (non-hydrogen) atoms. The molecule has 2 aromatic rings. The standard InChI is InChI=1S/C16H18ClNO3S/c1-3-22(19,20)16-10-5-4-8-14(16)18-11-12-13(17)7-6-9-15(12)21-2/h4-10,18H,3,11H2,1-2H3. The van der Waals surface area contributed by atoms with E-state index in [1.54, 1.807) is 50.4 Å². The van der Waals surface area contributed by atoms with Crippen molar-refractivity contribution < 1.29 is 13.2 Å². The summed E-state index contributed by atoms with van der Waals surface area (Å²) in [4.78, 5) is 0.295. The molecule has 0 fully saturated rings. The molecule has 118 valence electrons. The van der Waals surface area contributed by atoms with Crippen molar-refractivity contribution in [2.75, 3.05) is 18.2 Å². The Morgan fingerprint density at radius 1 is 1.14 bits per heavy atom. The SMILES string of the molecule is CCS(=O)(=O)c1ccccc1NCc1c(Cl)cccc1OC. The van der Waals surface area contributed by atoms with Crippen molar-refractivity contribution in [3.8, 4) is 5.75 Å². The molecule has 0 spiro atoms. The Kier molecular flexibility index (Phi) is 5.32. The van der Waals surface area contributed by atoms with Gasteiger partial charge in [0.2, 0.25) is 0 Å². The zero-order valence-electron chi connectivity index (χ0n) is 12.5. The number of sulfone groups is 1. The minimum atomic E-state index is -3.29. The van der Waals surface area contributed by atoms with Gasteiger partial charge in [0.05, 0.1) is 23.4 Å². The van der Waals surface area contributed by atoms with E-state index in [-0.39, 0.29) is 5.75 Å². The minimum Gasteiger partial charge on any atom is -0.496 e. The summed E-state index contributed by atoms with van der Waals surface area (Å²) in [7, 11) is -1.71. The largest absolute Gasteiger partial charge is 0.496 e. The predicted molar refractivity (Wildman–Crippen MR) is 89.5 cm³/mol. The lowest BCUT2D eigenvalue weighted by Gasteiger charge is -2.14. The van der Waals surface area contributed by atoms with Gasteiger partial charge < -0.3 is 10.1 Å². The van der Waals surface area contributed by atoms with E-state index < -0.39 is 9.84 Å². The average Bonchev–Trinajstić information content (AvgIpc) is 2.53. The van der Waals surface area contributed by atoms with Crippen LogP contribution in [0.5, 0.6) is 5.75 Å². The smallest absolute Gasteiger partial charge is 0.180 e. The van der Waals surface area contributed by atoms with Crippen molar-refractivity contribution >= 4 is 27.1 Å². The van der Waals surface area contributed by atoms with Crippen LogP contribution in [-0.4, -0.2) is 21.3 Å². The van der Waals surface area contributed by atoms with Crippen LogP contribution >= 0.6 is 11.6 Å². The number of ether oxygens (including phenoxy) is 1. The number of methoxy groups -OCH3 is 1. The van der Waals surface area contributed by atoms with Gasteiger partial charge >= 0.3 is 0 Å². The fraction of sp³-hybridized carbons (Fsp3) is 0.250. The highest BCUT2D eigenvalue weighted by atomic mass is 35.5. The number of hydrogen-bond acceptors (Lipinski definition) is 4. The van der Waals surface area contributed by atoms with Crippen LogP contribution in [-0.2, 0) is 16.4 Å². The van der Waals surface area contributed by atoms with Gasteiger partial charge in [0.1, 0.15) is 5.75 Å². The fourth-order valence-electron chi connectivity index (χ4n) is 2.12. The van der Waals surface area contributed by atoms with E-state index in [2.05, 4.69) is 5.32 Å². The molecule has 0 aliphatic carbocycles. The molecule has 0 radical (unpaired) electrons. The third-order valence-corrected chi connectivity index (χ3v) is 5.49. The normalized spacial score (nSPS) is 11.2. The molecule has 0 aliphatic heterocycles. The number of nitrogens with one attached hydrogen (secondary N) is 1. The zero-order valence-corrected chi connectivity index (χ0v) is 14.0. The number of halogens is 1. The Bertz CT molecular complexity index is 760. The van der Waals surface area contributed by atoms with Crippen molar-refractivity contribution in [1.82, 2.24) is 0 Å². The van der Waals surface area contributed by atoms with Gasteiger partial charge in [-0.25, -0.2) is 8.42 Å². The fourth-order valence-corrected chi connectivity index (χ4v) is 3.43. The van der Waals surface area contributed by atoms with Crippen LogP contribution in [0.15, 0.2) is 47.4 Å². The van der Waals surface area contributed by atoms with E-state index in [9.17, 15) is 8.42 Å². The molecule has 0 heterocycles. The first-order valence-corrected chi connectivity index (χ1v) is 8.89. The number of anilines is 1. The second-order valence-electron chi connectivity index (χ2n) is 4.67. The van der Waals surface area contributed by atoms with Crippen molar-refractivity contribution in [3.63, 3.8) is 0 Å². The molecule has 6 heteroatoms. The molecule has 0 amide bonds. The molecule has 0 aliphatic rings. The lowest BCUT2D eigenvalue weighted by molar-refractivity contribution is 0.410. The third kappa shape index (κ3) is 3.54. The van der Waals surface area contributed by atoms with Crippen LogP contribution in [0.2, 0.25) is 5.02 Å². The van der Waals surface area contributed by atoms with Crippen LogP contribution in [0.4, 0.5) is 5.69 Å². The molecule has 0 aromatic heterocycles. The lowest BCUT2D eigenvalue weighted by Crippen LogP contribution is -2.09. The molecule has 0 saturated carbocycles. The lowest BCUT2D eigenvalue weighted by atomic mass is 10.2. The number of hydrogen-bond donors (Lipinski definition) is 1. The first-order chi connectivity index (χ1) is 10.5.